The van der Waals surface area contributed by atoms with Crippen molar-refractivity contribution >= 4 is 23.7 Å². The van der Waals surface area contributed by atoms with Crippen molar-refractivity contribution in [2.24, 2.45) is 0 Å². The quantitative estimate of drug-likeness (QED) is 0.531. The van der Waals surface area contributed by atoms with Gasteiger partial charge in [0.05, 0.1) is 0 Å². The molecule has 3 N–H and O–H groups in total. The van der Waals surface area contributed by atoms with Crippen LogP contribution in [0.25, 0.3) is 0 Å². The maximum atomic E-state index is 10.5. The number of rotatable bonds is 2. The van der Waals surface area contributed by atoms with E-state index in [1.165, 1.54) is 11.8 Å². The zero-order valence-corrected chi connectivity index (χ0v) is 7.00. The Balaban J connectivity index is 2.51. The first-order valence-electron chi connectivity index (χ1n) is 3.40. The highest BCUT2D eigenvalue weighted by molar-refractivity contribution is 7.99. The van der Waals surface area contributed by atoms with E-state index < -0.39 is 24.0 Å². The number of hydrogen-bond donors (Lipinski definition) is 3. The van der Waals surface area contributed by atoms with Gasteiger partial charge in [0.25, 0.3) is 0 Å². The summed E-state index contributed by atoms with van der Waals surface area (Å²) in [6.07, 6.45) is 0. The minimum Gasteiger partial charge on any atom is -0.480 e. The number of hydrogen-bond acceptors (Lipinski definition) is 4. The van der Waals surface area contributed by atoms with Gasteiger partial charge < -0.3 is 10.2 Å². The smallest absolute Gasteiger partial charge is 0.321 e. The summed E-state index contributed by atoms with van der Waals surface area (Å²) >= 11 is 1.34. The van der Waals surface area contributed by atoms with E-state index in [0.29, 0.717) is 11.5 Å². The Morgan fingerprint density at radius 2 is 1.58 bits per heavy atom. The van der Waals surface area contributed by atoms with Crippen molar-refractivity contribution < 1.29 is 19.8 Å². The molecule has 5 nitrogen and oxygen atoms in total. The Labute approximate surface area is 73.1 Å². The predicted octanol–water partition coefficient (Wildman–Crippen LogP) is -0.771. The Morgan fingerprint density at radius 1 is 1.17 bits per heavy atom. The van der Waals surface area contributed by atoms with Crippen LogP contribution in [0.4, 0.5) is 0 Å². The number of carbonyl (C=O) groups is 2. The molecular formula is C6H9NO4S. The van der Waals surface area contributed by atoms with Crippen LogP contribution in [-0.4, -0.2) is 45.7 Å². The molecule has 0 aromatic rings. The zero-order chi connectivity index (χ0) is 9.14. The predicted molar refractivity (Wildman–Crippen MR) is 43.3 cm³/mol. The molecule has 1 aliphatic heterocycles. The molecule has 1 rings (SSSR count). The van der Waals surface area contributed by atoms with E-state index in [1.54, 1.807) is 0 Å². The van der Waals surface area contributed by atoms with E-state index in [4.69, 9.17) is 10.2 Å². The lowest BCUT2D eigenvalue weighted by Gasteiger charge is -2.24. The third-order valence-electron chi connectivity index (χ3n) is 1.57. The molecule has 68 valence electrons. The van der Waals surface area contributed by atoms with Gasteiger partial charge in [0.2, 0.25) is 0 Å². The molecule has 2 atom stereocenters. The van der Waals surface area contributed by atoms with Crippen molar-refractivity contribution in [3.63, 3.8) is 0 Å². The first kappa shape index (κ1) is 9.34. The van der Waals surface area contributed by atoms with Crippen LogP contribution in [0.15, 0.2) is 0 Å². The van der Waals surface area contributed by atoms with Crippen LogP contribution in [0.5, 0.6) is 0 Å². The third-order valence-corrected chi connectivity index (χ3v) is 2.71. The number of carboxylic acids is 2. The number of thioether (sulfide) groups is 1. The molecule has 1 aliphatic rings. The highest BCUT2D eigenvalue weighted by atomic mass is 32.2. The van der Waals surface area contributed by atoms with E-state index in [9.17, 15) is 9.59 Å². The molecular weight excluding hydrogens is 182 g/mol. The highest BCUT2D eigenvalue weighted by Gasteiger charge is 2.30. The summed E-state index contributed by atoms with van der Waals surface area (Å²) in [6.45, 7) is 0. The van der Waals surface area contributed by atoms with Crippen LogP contribution >= 0.6 is 11.8 Å². The average Bonchev–Trinajstić information content (AvgIpc) is 2.04. The maximum Gasteiger partial charge on any atom is 0.321 e. The molecule has 0 aliphatic carbocycles. The Kier molecular flexibility index (Phi) is 2.93. The molecule has 0 aromatic carbocycles. The van der Waals surface area contributed by atoms with E-state index in [0.717, 1.165) is 0 Å². The molecule has 12 heavy (non-hydrogen) atoms. The first-order valence-corrected chi connectivity index (χ1v) is 4.56. The van der Waals surface area contributed by atoms with Gasteiger partial charge in [-0.05, 0) is 0 Å². The highest BCUT2D eigenvalue weighted by Crippen LogP contribution is 2.12. The normalized spacial score (nSPS) is 29.7. The van der Waals surface area contributed by atoms with Gasteiger partial charge in [-0.15, -0.1) is 0 Å². The van der Waals surface area contributed by atoms with Gasteiger partial charge in [0.1, 0.15) is 12.1 Å². The van der Waals surface area contributed by atoms with E-state index in [1.807, 2.05) is 0 Å². The van der Waals surface area contributed by atoms with Crippen molar-refractivity contribution in [2.75, 3.05) is 11.5 Å². The van der Waals surface area contributed by atoms with Gasteiger partial charge in [-0.3, -0.25) is 14.9 Å². The Bertz CT molecular complexity index is 188. The van der Waals surface area contributed by atoms with Crippen LogP contribution in [0, 0.1) is 0 Å². The van der Waals surface area contributed by atoms with E-state index in [2.05, 4.69) is 5.32 Å². The zero-order valence-electron chi connectivity index (χ0n) is 6.19. The fourth-order valence-electron chi connectivity index (χ4n) is 0.928. The lowest BCUT2D eigenvalue weighted by molar-refractivity contribution is -0.141. The number of carboxylic acid groups (broad SMARTS) is 2. The second kappa shape index (κ2) is 3.77. The molecule has 1 fully saturated rings. The van der Waals surface area contributed by atoms with Gasteiger partial charge in [-0.1, -0.05) is 0 Å². The molecule has 0 bridgehead atoms. The fraction of sp³-hybridized carbons (Fsp3) is 0.667. The molecule has 0 amide bonds. The number of aliphatic carboxylic acids is 2. The van der Waals surface area contributed by atoms with E-state index >= 15 is 0 Å². The molecule has 6 heteroatoms. The van der Waals surface area contributed by atoms with Gasteiger partial charge in [-0.2, -0.15) is 11.8 Å². The summed E-state index contributed by atoms with van der Waals surface area (Å²) in [5.41, 5.74) is 0. The van der Waals surface area contributed by atoms with Crippen molar-refractivity contribution in [2.45, 2.75) is 12.1 Å². The standard InChI is InChI=1S/C6H9NO4S/c8-5(9)3-1-12-2-4(7-3)6(10)11/h3-4,7H,1-2H2,(H,8,9)(H,10,11)/t3-,4?/m0/s1. The van der Waals surface area contributed by atoms with Crippen molar-refractivity contribution in [3.8, 4) is 0 Å². The van der Waals surface area contributed by atoms with Crippen molar-refractivity contribution in [1.29, 1.82) is 0 Å². The van der Waals surface area contributed by atoms with Gasteiger partial charge in [0.15, 0.2) is 0 Å². The summed E-state index contributed by atoms with van der Waals surface area (Å²) in [4.78, 5) is 20.9. The molecule has 0 radical (unpaired) electrons. The summed E-state index contributed by atoms with van der Waals surface area (Å²) in [5, 5.41) is 19.7. The second-order valence-electron chi connectivity index (χ2n) is 2.49. The van der Waals surface area contributed by atoms with Crippen LogP contribution in [0.2, 0.25) is 0 Å². The van der Waals surface area contributed by atoms with Gasteiger partial charge in [-0.25, -0.2) is 0 Å². The molecule has 1 unspecified atom stereocenters. The van der Waals surface area contributed by atoms with Crippen molar-refractivity contribution in [3.05, 3.63) is 0 Å². The average molecular weight is 191 g/mol. The molecule has 0 saturated carbocycles. The fourth-order valence-corrected chi connectivity index (χ4v) is 2.01. The molecule has 1 saturated heterocycles. The lowest BCUT2D eigenvalue weighted by atomic mass is 10.2. The minimum absolute atomic E-state index is 0.430. The van der Waals surface area contributed by atoms with Crippen LogP contribution < -0.4 is 5.32 Å². The second-order valence-corrected chi connectivity index (χ2v) is 3.56. The van der Waals surface area contributed by atoms with Gasteiger partial charge >= 0.3 is 11.9 Å². The van der Waals surface area contributed by atoms with Crippen LogP contribution in [-0.2, 0) is 9.59 Å². The summed E-state index contributed by atoms with van der Waals surface area (Å²) in [5.74, 6) is -1.12. The summed E-state index contributed by atoms with van der Waals surface area (Å²) < 4.78 is 0. The summed E-state index contributed by atoms with van der Waals surface area (Å²) in [6, 6.07) is -1.46. The third kappa shape index (κ3) is 2.12. The topological polar surface area (TPSA) is 86.6 Å². The van der Waals surface area contributed by atoms with E-state index in [-0.39, 0.29) is 0 Å². The maximum absolute atomic E-state index is 10.5. The summed E-state index contributed by atoms with van der Waals surface area (Å²) in [7, 11) is 0. The first-order chi connectivity index (χ1) is 5.61. The van der Waals surface area contributed by atoms with Gasteiger partial charge in [0, 0.05) is 11.5 Å². The monoisotopic (exact) mass is 191 g/mol. The van der Waals surface area contributed by atoms with Crippen LogP contribution in [0.3, 0.4) is 0 Å². The Morgan fingerprint density at radius 3 is 1.92 bits per heavy atom. The molecule has 1 heterocycles. The lowest BCUT2D eigenvalue weighted by Crippen LogP contribution is -2.52. The number of nitrogens with one attached hydrogen (secondary N) is 1. The minimum atomic E-state index is -0.992. The van der Waals surface area contributed by atoms with Crippen molar-refractivity contribution in [1.82, 2.24) is 5.32 Å². The molecule has 0 aromatic heterocycles. The molecule has 0 spiro atoms. The largest absolute Gasteiger partial charge is 0.480 e. The SMILES string of the molecule is O=C(O)C1CSC[C@@H](C(=O)O)N1. The Hall–Kier alpha value is -0.750. The van der Waals surface area contributed by atoms with Crippen LogP contribution in [0.1, 0.15) is 0 Å².